The normalized spacial score (nSPS) is 28.9. The first-order valence-corrected chi connectivity index (χ1v) is 13.6. The molecule has 4 aliphatic rings. The number of hydrogen-bond donors (Lipinski definition) is 2. The van der Waals surface area contributed by atoms with Gasteiger partial charge in [-0.15, -0.1) is 0 Å². The van der Waals surface area contributed by atoms with Crippen molar-refractivity contribution in [2.24, 2.45) is 9.98 Å². The third-order valence-corrected chi connectivity index (χ3v) is 8.13. The van der Waals surface area contributed by atoms with Crippen LogP contribution in [0, 0.1) is 0 Å². The molecule has 8 nitrogen and oxygen atoms in total. The summed E-state index contributed by atoms with van der Waals surface area (Å²) < 4.78 is 10.0. The molecule has 2 unspecified atom stereocenters. The lowest BCUT2D eigenvalue weighted by molar-refractivity contribution is -0.141. The molecule has 1 aromatic heterocycles. The first kappa shape index (κ1) is 27.4. The molecular formula is C32H36N4O4. The minimum Gasteiger partial charge on any atom is -0.469 e. The summed E-state index contributed by atoms with van der Waals surface area (Å²) in [5, 5.41) is 5.57. The highest BCUT2D eigenvalue weighted by Gasteiger charge is 2.45. The smallest absolute Gasteiger partial charge is 0.305 e. The SMILES string of the molecule is COC(=O)CCC1=C(C)C2=NC1(CCC(=O)OC)/C(C)=C1\NC(C)(C=C1C)/C=C1/C=CC(=N1)/C=c1/ccc([nH]1)=C2. The molecule has 2 atom stereocenters. The average molecular weight is 541 g/mol. The van der Waals surface area contributed by atoms with Gasteiger partial charge in [0, 0.05) is 29.2 Å². The van der Waals surface area contributed by atoms with Crippen molar-refractivity contribution in [2.75, 3.05) is 14.2 Å². The molecule has 8 heteroatoms. The van der Waals surface area contributed by atoms with Crippen LogP contribution in [0.5, 0.6) is 0 Å². The fourth-order valence-electron chi connectivity index (χ4n) is 6.14. The van der Waals surface area contributed by atoms with Crippen molar-refractivity contribution in [3.63, 3.8) is 0 Å². The summed E-state index contributed by atoms with van der Waals surface area (Å²) in [6, 6.07) is 4.03. The highest BCUT2D eigenvalue weighted by molar-refractivity contribution is 6.22. The van der Waals surface area contributed by atoms with Crippen molar-refractivity contribution in [1.29, 1.82) is 0 Å². The molecule has 0 saturated carbocycles. The van der Waals surface area contributed by atoms with Gasteiger partial charge in [-0.1, -0.05) is 6.08 Å². The van der Waals surface area contributed by atoms with Crippen LogP contribution in [-0.4, -0.2) is 53.6 Å². The van der Waals surface area contributed by atoms with E-state index in [-0.39, 0.29) is 24.8 Å². The fraction of sp³-hybridized carbons (Fsp3) is 0.375. The Morgan fingerprint density at radius 1 is 0.950 bits per heavy atom. The molecule has 40 heavy (non-hydrogen) atoms. The van der Waals surface area contributed by atoms with E-state index in [1.165, 1.54) is 14.2 Å². The number of allylic oxidation sites excluding steroid dienone is 4. The Morgan fingerprint density at radius 3 is 2.38 bits per heavy atom. The maximum Gasteiger partial charge on any atom is 0.305 e. The number of H-pyrrole nitrogens is 1. The van der Waals surface area contributed by atoms with Gasteiger partial charge in [0.05, 0.1) is 36.9 Å². The molecule has 0 fully saturated rings. The molecule has 1 aromatic rings. The molecule has 0 saturated heterocycles. The predicted molar refractivity (Wildman–Crippen MR) is 157 cm³/mol. The van der Waals surface area contributed by atoms with Crippen LogP contribution < -0.4 is 16.0 Å². The summed E-state index contributed by atoms with van der Waals surface area (Å²) in [5.41, 5.74) is 6.32. The number of esters is 2. The van der Waals surface area contributed by atoms with Gasteiger partial charge in [-0.25, -0.2) is 4.99 Å². The molecule has 5 rings (SSSR count). The number of ether oxygens (including phenoxy) is 2. The molecule has 0 aromatic carbocycles. The molecule has 5 heterocycles. The number of hydrogen-bond acceptors (Lipinski definition) is 7. The zero-order chi connectivity index (χ0) is 28.7. The van der Waals surface area contributed by atoms with Crippen molar-refractivity contribution < 1.29 is 19.1 Å². The monoisotopic (exact) mass is 540 g/mol. The van der Waals surface area contributed by atoms with E-state index in [2.05, 4.69) is 43.2 Å². The lowest BCUT2D eigenvalue weighted by atomic mass is 9.76. The molecule has 8 bridgehead atoms. The van der Waals surface area contributed by atoms with E-state index in [0.717, 1.165) is 55.8 Å². The highest BCUT2D eigenvalue weighted by Crippen LogP contribution is 2.47. The standard InChI is InChI=1S/C32H36N4O4/c1-19-17-31(4)18-25-10-9-23(34-25)15-22-7-8-24(33-22)16-27-20(2)26(11-12-28(37)39-5)32(35-27,14-13-29(38)40-6)21(3)30(19)36-31/h7-10,15-18,33,36H,11-14H2,1-6H3/b22-15-,24-16?,25-18-,30-21-. The molecule has 208 valence electrons. The van der Waals surface area contributed by atoms with E-state index in [0.29, 0.717) is 12.8 Å². The van der Waals surface area contributed by atoms with E-state index < -0.39 is 11.1 Å². The largest absolute Gasteiger partial charge is 0.469 e. The van der Waals surface area contributed by atoms with Gasteiger partial charge in [0.25, 0.3) is 0 Å². The number of aromatic amines is 1. The minimum atomic E-state index is -0.842. The second-order valence-electron chi connectivity index (χ2n) is 10.9. The van der Waals surface area contributed by atoms with Crippen LogP contribution in [0.4, 0.5) is 0 Å². The summed E-state index contributed by atoms with van der Waals surface area (Å²) in [7, 11) is 2.80. The van der Waals surface area contributed by atoms with E-state index in [1.807, 2.05) is 43.4 Å². The van der Waals surface area contributed by atoms with Crippen LogP contribution in [0.15, 0.2) is 80.1 Å². The van der Waals surface area contributed by atoms with Gasteiger partial charge < -0.3 is 19.8 Å². The van der Waals surface area contributed by atoms with Crippen LogP contribution in [0.25, 0.3) is 12.2 Å². The number of methoxy groups -OCH3 is 2. The maximum absolute atomic E-state index is 12.4. The number of carbonyl (C=O) groups excluding carboxylic acids is 2. The lowest BCUT2D eigenvalue weighted by Gasteiger charge is -2.34. The molecule has 0 amide bonds. The topological polar surface area (TPSA) is 105 Å². The van der Waals surface area contributed by atoms with Gasteiger partial charge in [-0.05, 0) is 105 Å². The molecule has 4 aliphatic heterocycles. The number of rotatable bonds is 6. The van der Waals surface area contributed by atoms with Crippen LogP contribution in [-0.2, 0) is 19.1 Å². The Bertz CT molecular complexity index is 1630. The average Bonchev–Trinajstić information content (AvgIpc) is 3.68. The number of aliphatic imine (C=N–C) groups is 2. The third kappa shape index (κ3) is 5.06. The first-order chi connectivity index (χ1) is 19.1. The summed E-state index contributed by atoms with van der Waals surface area (Å²) in [5.74, 6) is -0.587. The molecule has 0 radical (unpaired) electrons. The number of nitrogens with one attached hydrogen (secondary N) is 2. The second-order valence-corrected chi connectivity index (χ2v) is 10.9. The Kier molecular flexibility index (Phi) is 7.12. The van der Waals surface area contributed by atoms with Gasteiger partial charge in [0.1, 0.15) is 5.54 Å². The Hall–Kier alpha value is -4.20. The van der Waals surface area contributed by atoms with Crippen molar-refractivity contribution in [2.45, 2.75) is 64.5 Å². The van der Waals surface area contributed by atoms with Gasteiger partial charge in [0.2, 0.25) is 0 Å². The van der Waals surface area contributed by atoms with Crippen LogP contribution in [0.1, 0.15) is 53.4 Å². The van der Waals surface area contributed by atoms with Crippen LogP contribution in [0.2, 0.25) is 0 Å². The first-order valence-electron chi connectivity index (χ1n) is 13.6. The highest BCUT2D eigenvalue weighted by atomic mass is 16.5. The van der Waals surface area contributed by atoms with Crippen LogP contribution in [0.3, 0.4) is 0 Å². The molecular weight excluding hydrogens is 504 g/mol. The number of nitrogens with zero attached hydrogens (tertiary/aromatic N) is 2. The summed E-state index contributed by atoms with van der Waals surface area (Å²) in [6.45, 7) is 8.32. The van der Waals surface area contributed by atoms with Crippen molar-refractivity contribution in [1.82, 2.24) is 10.3 Å². The summed E-state index contributed by atoms with van der Waals surface area (Å²) in [4.78, 5) is 38.4. The Morgan fingerprint density at radius 2 is 1.65 bits per heavy atom. The molecule has 2 N–H and O–H groups in total. The number of fused-ring (bicyclic) bond motifs is 6. The van der Waals surface area contributed by atoms with Crippen molar-refractivity contribution in [3.05, 3.63) is 80.8 Å². The Balaban J connectivity index is 1.77. The minimum absolute atomic E-state index is 0.181. The van der Waals surface area contributed by atoms with Gasteiger partial charge in [-0.3, -0.25) is 14.6 Å². The van der Waals surface area contributed by atoms with Crippen molar-refractivity contribution in [3.8, 4) is 0 Å². The van der Waals surface area contributed by atoms with E-state index in [4.69, 9.17) is 19.5 Å². The second kappa shape index (κ2) is 10.4. The van der Waals surface area contributed by atoms with E-state index in [9.17, 15) is 9.59 Å². The maximum atomic E-state index is 12.4. The zero-order valence-electron chi connectivity index (χ0n) is 24.0. The molecule has 0 spiro atoms. The van der Waals surface area contributed by atoms with Crippen molar-refractivity contribution >= 4 is 35.5 Å². The summed E-state index contributed by atoms with van der Waals surface area (Å²) in [6.07, 6.45) is 13.7. The fourth-order valence-corrected chi connectivity index (χ4v) is 6.14. The van der Waals surface area contributed by atoms with Gasteiger partial charge >= 0.3 is 11.9 Å². The quantitative estimate of drug-likeness (QED) is 0.538. The van der Waals surface area contributed by atoms with E-state index in [1.54, 1.807) is 0 Å². The van der Waals surface area contributed by atoms with Gasteiger partial charge in [-0.2, -0.15) is 0 Å². The Labute approximate surface area is 234 Å². The third-order valence-electron chi connectivity index (χ3n) is 8.13. The molecule has 0 aliphatic carbocycles. The number of carbonyl (C=O) groups is 2. The van der Waals surface area contributed by atoms with Crippen LogP contribution >= 0.6 is 0 Å². The summed E-state index contributed by atoms with van der Waals surface area (Å²) >= 11 is 0. The van der Waals surface area contributed by atoms with E-state index >= 15 is 0 Å². The zero-order valence-corrected chi connectivity index (χ0v) is 24.0. The number of aromatic nitrogens is 1. The lowest BCUT2D eigenvalue weighted by Crippen LogP contribution is -2.38. The van der Waals surface area contributed by atoms with Gasteiger partial charge in [0.15, 0.2) is 0 Å². The predicted octanol–water partition coefficient (Wildman–Crippen LogP) is 3.48.